The zero-order chi connectivity index (χ0) is 10.1. The third kappa shape index (κ3) is 1.65. The van der Waals surface area contributed by atoms with Crippen LogP contribution in [-0.4, -0.2) is 11.9 Å². The van der Waals surface area contributed by atoms with Crippen LogP contribution in [-0.2, 0) is 4.79 Å². The first-order valence-corrected chi connectivity index (χ1v) is 5.03. The number of benzene rings is 1. The van der Waals surface area contributed by atoms with Crippen molar-refractivity contribution in [3.8, 4) is 0 Å². The van der Waals surface area contributed by atoms with E-state index in [0.29, 0.717) is 12.3 Å². The maximum atomic E-state index is 11.2. The van der Waals surface area contributed by atoms with Crippen molar-refractivity contribution in [2.24, 2.45) is 0 Å². The summed E-state index contributed by atoms with van der Waals surface area (Å²) < 4.78 is 0. The van der Waals surface area contributed by atoms with E-state index < -0.39 is 0 Å². The average molecular weight is 189 g/mol. The third-order valence-electron chi connectivity index (χ3n) is 2.90. The van der Waals surface area contributed by atoms with Crippen molar-refractivity contribution in [2.75, 3.05) is 0 Å². The van der Waals surface area contributed by atoms with Crippen molar-refractivity contribution in [3.63, 3.8) is 0 Å². The fourth-order valence-electron chi connectivity index (χ4n) is 2.01. The van der Waals surface area contributed by atoms with Gasteiger partial charge in [-0.2, -0.15) is 0 Å². The molecule has 1 aliphatic rings. The number of nitrogens with one attached hydrogen (secondary N) is 1. The minimum Gasteiger partial charge on any atom is -0.353 e. The highest BCUT2D eigenvalue weighted by molar-refractivity contribution is 5.80. The summed E-state index contributed by atoms with van der Waals surface area (Å²) in [5.74, 6) is 0.520. The first-order chi connectivity index (χ1) is 6.66. The summed E-state index contributed by atoms with van der Waals surface area (Å²) in [6, 6.07) is 8.72. The van der Waals surface area contributed by atoms with E-state index >= 15 is 0 Å². The molecule has 74 valence electrons. The van der Waals surface area contributed by atoms with E-state index in [1.54, 1.807) is 0 Å². The maximum Gasteiger partial charge on any atom is 0.220 e. The molecular formula is C12H15NO. The summed E-state index contributed by atoms with van der Waals surface area (Å²) in [6.45, 7) is 4.14. The first-order valence-electron chi connectivity index (χ1n) is 5.03. The van der Waals surface area contributed by atoms with E-state index in [9.17, 15) is 4.79 Å². The molecule has 1 aromatic carbocycles. The van der Waals surface area contributed by atoms with Gasteiger partial charge in [-0.05, 0) is 19.4 Å². The molecule has 0 aromatic heterocycles. The van der Waals surface area contributed by atoms with Crippen LogP contribution in [0.3, 0.4) is 0 Å². The Bertz CT molecular complexity index is 342. The first kappa shape index (κ1) is 9.25. The highest BCUT2D eigenvalue weighted by atomic mass is 16.1. The van der Waals surface area contributed by atoms with Crippen LogP contribution in [0.25, 0.3) is 0 Å². The van der Waals surface area contributed by atoms with Gasteiger partial charge in [-0.3, -0.25) is 4.79 Å². The molecule has 1 amide bonds. The highest BCUT2D eigenvalue weighted by Gasteiger charge is 2.29. The lowest BCUT2D eigenvalue weighted by Crippen LogP contribution is -2.24. The van der Waals surface area contributed by atoms with Crippen LogP contribution in [0.15, 0.2) is 24.3 Å². The zero-order valence-electron chi connectivity index (χ0n) is 8.58. The Labute approximate surface area is 84.3 Å². The summed E-state index contributed by atoms with van der Waals surface area (Å²) in [5, 5.41) is 2.94. The number of carbonyl (C=O) groups excluding carboxylic acids is 1. The Morgan fingerprint density at radius 2 is 1.93 bits per heavy atom. The molecule has 0 saturated carbocycles. The summed E-state index contributed by atoms with van der Waals surface area (Å²) in [4.78, 5) is 11.2. The second-order valence-corrected chi connectivity index (χ2v) is 4.08. The fraction of sp³-hybridized carbons (Fsp3) is 0.417. The Hall–Kier alpha value is -1.31. The molecule has 14 heavy (non-hydrogen) atoms. The predicted octanol–water partition coefficient (Wildman–Crippen LogP) is 1.99. The van der Waals surface area contributed by atoms with Crippen LogP contribution in [0.2, 0.25) is 0 Å². The highest BCUT2D eigenvalue weighted by Crippen LogP contribution is 2.28. The predicted molar refractivity (Wildman–Crippen MR) is 56.1 cm³/mol. The Kier molecular flexibility index (Phi) is 2.28. The van der Waals surface area contributed by atoms with Gasteiger partial charge in [0.05, 0.1) is 0 Å². The lowest BCUT2D eigenvalue weighted by molar-refractivity contribution is -0.119. The summed E-state index contributed by atoms with van der Waals surface area (Å²) in [6.07, 6.45) is 0.629. The van der Waals surface area contributed by atoms with E-state index in [1.165, 1.54) is 11.1 Å². The van der Waals surface area contributed by atoms with Gasteiger partial charge in [0.15, 0.2) is 0 Å². The van der Waals surface area contributed by atoms with Crippen LogP contribution >= 0.6 is 0 Å². The molecule has 0 radical (unpaired) electrons. The lowest BCUT2D eigenvalue weighted by Gasteiger charge is -2.14. The monoisotopic (exact) mass is 189 g/mol. The number of carbonyl (C=O) groups is 1. The molecule has 1 N–H and O–H groups in total. The minimum atomic E-state index is 0.170. The quantitative estimate of drug-likeness (QED) is 0.719. The van der Waals surface area contributed by atoms with Crippen molar-refractivity contribution < 1.29 is 4.79 Å². The molecule has 1 aromatic rings. The summed E-state index contributed by atoms with van der Waals surface area (Å²) >= 11 is 0. The number of hydrogen-bond donors (Lipinski definition) is 1. The van der Waals surface area contributed by atoms with Gasteiger partial charge in [-0.1, -0.05) is 29.8 Å². The molecule has 2 heteroatoms. The normalized spacial score (nSPS) is 26.3. The second kappa shape index (κ2) is 3.45. The van der Waals surface area contributed by atoms with Crippen molar-refractivity contribution in [2.45, 2.75) is 32.2 Å². The van der Waals surface area contributed by atoms with E-state index in [2.05, 4.69) is 43.4 Å². The van der Waals surface area contributed by atoms with Crippen LogP contribution < -0.4 is 5.32 Å². The average Bonchev–Trinajstić information content (AvgIpc) is 2.47. The van der Waals surface area contributed by atoms with Crippen LogP contribution in [0.5, 0.6) is 0 Å². The van der Waals surface area contributed by atoms with Gasteiger partial charge < -0.3 is 5.32 Å². The molecule has 1 fully saturated rings. The molecule has 2 rings (SSSR count). The smallest absolute Gasteiger partial charge is 0.220 e. The molecule has 0 spiro atoms. The van der Waals surface area contributed by atoms with Gasteiger partial charge in [-0.15, -0.1) is 0 Å². The van der Waals surface area contributed by atoms with Gasteiger partial charge in [-0.25, -0.2) is 0 Å². The van der Waals surface area contributed by atoms with Crippen molar-refractivity contribution in [1.29, 1.82) is 0 Å². The topological polar surface area (TPSA) is 29.1 Å². The number of rotatable bonds is 1. The molecule has 1 aliphatic heterocycles. The van der Waals surface area contributed by atoms with E-state index in [-0.39, 0.29) is 11.9 Å². The van der Waals surface area contributed by atoms with Gasteiger partial charge in [0.2, 0.25) is 5.91 Å². The van der Waals surface area contributed by atoms with Gasteiger partial charge in [0, 0.05) is 18.4 Å². The molecule has 2 atom stereocenters. The molecule has 2 nitrogen and oxygen atoms in total. The molecule has 1 saturated heterocycles. The Morgan fingerprint density at radius 3 is 2.43 bits per heavy atom. The van der Waals surface area contributed by atoms with Crippen LogP contribution in [0.1, 0.15) is 30.4 Å². The molecular weight excluding hydrogens is 174 g/mol. The number of amides is 1. The standard InChI is InChI=1S/C12H15NO/c1-8-3-5-10(6-4-8)11-7-12(14)13-9(11)2/h3-6,9,11H,7H2,1-2H3,(H,13,14)/t9-,11+/m0/s1. The second-order valence-electron chi connectivity index (χ2n) is 4.08. The SMILES string of the molecule is Cc1ccc([C@@H]2CC(=O)N[C@H]2C)cc1. The Morgan fingerprint density at radius 1 is 1.29 bits per heavy atom. The van der Waals surface area contributed by atoms with Gasteiger partial charge in [0.1, 0.15) is 0 Å². The van der Waals surface area contributed by atoms with Crippen molar-refractivity contribution >= 4 is 5.91 Å². The maximum absolute atomic E-state index is 11.2. The molecule has 0 bridgehead atoms. The van der Waals surface area contributed by atoms with E-state index in [4.69, 9.17) is 0 Å². The number of aryl methyl sites for hydroxylation is 1. The molecule has 0 unspecified atom stereocenters. The molecule has 1 heterocycles. The lowest BCUT2D eigenvalue weighted by atomic mass is 9.92. The summed E-state index contributed by atoms with van der Waals surface area (Å²) in [7, 11) is 0. The zero-order valence-corrected chi connectivity index (χ0v) is 8.58. The van der Waals surface area contributed by atoms with Gasteiger partial charge in [0.25, 0.3) is 0 Å². The number of hydrogen-bond acceptors (Lipinski definition) is 1. The van der Waals surface area contributed by atoms with Gasteiger partial charge >= 0.3 is 0 Å². The fourth-order valence-corrected chi connectivity index (χ4v) is 2.01. The van der Waals surface area contributed by atoms with Crippen molar-refractivity contribution in [3.05, 3.63) is 35.4 Å². The van der Waals surface area contributed by atoms with Crippen LogP contribution in [0, 0.1) is 6.92 Å². The largest absolute Gasteiger partial charge is 0.353 e. The minimum absolute atomic E-state index is 0.170. The molecule has 0 aliphatic carbocycles. The summed E-state index contributed by atoms with van der Waals surface area (Å²) in [5.41, 5.74) is 2.53. The third-order valence-corrected chi connectivity index (χ3v) is 2.90. The van der Waals surface area contributed by atoms with Crippen molar-refractivity contribution in [1.82, 2.24) is 5.32 Å². The van der Waals surface area contributed by atoms with E-state index in [0.717, 1.165) is 0 Å². The van der Waals surface area contributed by atoms with Crippen LogP contribution in [0.4, 0.5) is 0 Å². The Balaban J connectivity index is 2.23. The van der Waals surface area contributed by atoms with E-state index in [1.807, 2.05) is 0 Å².